The predicted molar refractivity (Wildman–Crippen MR) is 128 cm³/mol. The maximum Gasteiger partial charge on any atom is 0.253 e. The molecule has 0 spiro atoms. The highest BCUT2D eigenvalue weighted by Gasteiger charge is 2.19. The number of rotatable bonds is 6. The lowest BCUT2D eigenvalue weighted by Crippen LogP contribution is -2.28. The highest BCUT2D eigenvalue weighted by atomic mass is 32.1. The van der Waals surface area contributed by atoms with Crippen LogP contribution in [0.2, 0.25) is 0 Å². The molecule has 0 bridgehead atoms. The molecule has 160 valence electrons. The smallest absolute Gasteiger partial charge is 0.253 e. The monoisotopic (exact) mass is 442 g/mol. The number of carbonyl (C=O) groups excluding carboxylic acids is 1. The molecule has 1 aliphatic rings. The molecule has 0 radical (unpaired) electrons. The molecule has 0 unspecified atom stereocenters. The maximum atomic E-state index is 13.3. The lowest BCUT2D eigenvalue weighted by Gasteiger charge is -2.18. The second-order valence-corrected chi connectivity index (χ2v) is 8.52. The third-order valence-electron chi connectivity index (χ3n) is 5.35. The van der Waals surface area contributed by atoms with Crippen molar-refractivity contribution in [3.63, 3.8) is 0 Å². The van der Waals surface area contributed by atoms with Crippen LogP contribution in [-0.4, -0.2) is 17.7 Å². The van der Waals surface area contributed by atoms with E-state index in [0.29, 0.717) is 17.4 Å². The summed E-state index contributed by atoms with van der Waals surface area (Å²) in [5.74, 6) is 1.29. The molecular weight excluding hydrogens is 420 g/mol. The average Bonchev–Trinajstić information content (AvgIpc) is 3.47. The molecule has 0 fully saturated rings. The molecule has 1 aliphatic heterocycles. The summed E-state index contributed by atoms with van der Waals surface area (Å²) in [6.07, 6.45) is 4.35. The van der Waals surface area contributed by atoms with E-state index < -0.39 is 0 Å². The van der Waals surface area contributed by atoms with Gasteiger partial charge in [0, 0.05) is 6.08 Å². The summed E-state index contributed by atoms with van der Waals surface area (Å²) in [5, 5.41) is 0.692. The van der Waals surface area contributed by atoms with E-state index in [1.807, 2.05) is 54.6 Å². The lowest BCUT2D eigenvalue weighted by atomic mass is 10.2. The molecule has 0 aliphatic carbocycles. The molecule has 0 saturated carbocycles. The molecule has 0 saturated heterocycles. The minimum atomic E-state index is -0.124. The summed E-state index contributed by atoms with van der Waals surface area (Å²) < 4.78 is 11.9. The van der Waals surface area contributed by atoms with Gasteiger partial charge in [0.05, 0.1) is 16.8 Å². The van der Waals surface area contributed by atoms with E-state index in [4.69, 9.17) is 14.5 Å². The standard InChI is InChI=1S/C26H22N2O3S/c1-2-18-8-11-21-24(15-18)32-26(27-21)28(16-20-6-4-3-5-7-20)25(29)13-10-19-9-12-22-23(14-19)31-17-30-22/h3-15H,2,16-17H2,1H3/b13-10+. The van der Waals surface area contributed by atoms with E-state index in [1.54, 1.807) is 28.4 Å². The largest absolute Gasteiger partial charge is 0.454 e. The summed E-state index contributed by atoms with van der Waals surface area (Å²) in [5.41, 5.74) is 4.09. The number of thiazole rings is 1. The van der Waals surface area contributed by atoms with Crippen molar-refractivity contribution in [2.24, 2.45) is 0 Å². The molecule has 5 nitrogen and oxygen atoms in total. The van der Waals surface area contributed by atoms with Crippen LogP contribution in [0.3, 0.4) is 0 Å². The highest BCUT2D eigenvalue weighted by Crippen LogP contribution is 2.33. The highest BCUT2D eigenvalue weighted by molar-refractivity contribution is 7.22. The van der Waals surface area contributed by atoms with Crippen molar-refractivity contribution in [3.05, 3.63) is 89.5 Å². The third-order valence-corrected chi connectivity index (χ3v) is 6.39. The zero-order valence-electron chi connectivity index (χ0n) is 17.7. The lowest BCUT2D eigenvalue weighted by molar-refractivity contribution is -0.114. The Hall–Kier alpha value is -3.64. The summed E-state index contributed by atoms with van der Waals surface area (Å²) in [4.78, 5) is 19.8. The molecule has 0 N–H and O–H groups in total. The number of benzene rings is 3. The van der Waals surface area contributed by atoms with Gasteiger partial charge >= 0.3 is 0 Å². The van der Waals surface area contributed by atoms with Gasteiger partial charge in [-0.1, -0.05) is 60.7 Å². The number of aromatic nitrogens is 1. The van der Waals surface area contributed by atoms with Crippen molar-refractivity contribution in [2.45, 2.75) is 19.9 Å². The Labute approximate surface area is 190 Å². The van der Waals surface area contributed by atoms with Gasteiger partial charge in [0.2, 0.25) is 6.79 Å². The number of nitrogens with zero attached hydrogens (tertiary/aromatic N) is 2. The number of amides is 1. The van der Waals surface area contributed by atoms with Gasteiger partial charge in [0.25, 0.3) is 5.91 Å². The van der Waals surface area contributed by atoms with Crippen LogP contribution in [0.1, 0.15) is 23.6 Å². The molecule has 1 aromatic heterocycles. The normalized spacial score (nSPS) is 12.5. The maximum absolute atomic E-state index is 13.3. The first kappa shape index (κ1) is 20.3. The van der Waals surface area contributed by atoms with E-state index in [2.05, 4.69) is 19.1 Å². The van der Waals surface area contributed by atoms with Crippen molar-refractivity contribution in [2.75, 3.05) is 11.7 Å². The fourth-order valence-electron chi connectivity index (χ4n) is 3.57. The number of aryl methyl sites for hydroxylation is 1. The topological polar surface area (TPSA) is 51.7 Å². The van der Waals surface area contributed by atoms with Gasteiger partial charge in [-0.15, -0.1) is 0 Å². The van der Waals surface area contributed by atoms with Crippen molar-refractivity contribution < 1.29 is 14.3 Å². The van der Waals surface area contributed by atoms with Crippen molar-refractivity contribution in [1.29, 1.82) is 0 Å². The van der Waals surface area contributed by atoms with Crippen LogP contribution in [0.4, 0.5) is 5.13 Å². The van der Waals surface area contributed by atoms with Gasteiger partial charge < -0.3 is 9.47 Å². The van der Waals surface area contributed by atoms with Crippen LogP contribution in [-0.2, 0) is 17.8 Å². The number of carbonyl (C=O) groups is 1. The number of anilines is 1. The molecule has 6 heteroatoms. The van der Waals surface area contributed by atoms with Gasteiger partial charge in [-0.3, -0.25) is 9.69 Å². The molecule has 0 atom stereocenters. The quantitative estimate of drug-likeness (QED) is 0.352. The number of hydrogen-bond acceptors (Lipinski definition) is 5. The molecule has 3 aromatic carbocycles. The Balaban J connectivity index is 1.46. The van der Waals surface area contributed by atoms with E-state index in [9.17, 15) is 4.79 Å². The molecule has 32 heavy (non-hydrogen) atoms. The average molecular weight is 443 g/mol. The third kappa shape index (κ3) is 4.22. The Kier molecular flexibility index (Phi) is 5.60. The number of hydrogen-bond donors (Lipinski definition) is 0. The summed E-state index contributed by atoms with van der Waals surface area (Å²) in [6.45, 7) is 2.81. The van der Waals surface area contributed by atoms with Gasteiger partial charge in [-0.25, -0.2) is 4.98 Å². The molecule has 4 aromatic rings. The summed E-state index contributed by atoms with van der Waals surface area (Å²) >= 11 is 1.54. The Morgan fingerprint density at radius 2 is 1.88 bits per heavy atom. The van der Waals surface area contributed by atoms with E-state index in [-0.39, 0.29) is 12.7 Å². The van der Waals surface area contributed by atoms with Crippen LogP contribution < -0.4 is 14.4 Å². The summed E-state index contributed by atoms with van der Waals surface area (Å²) in [6, 6.07) is 21.9. The molecule has 1 amide bonds. The summed E-state index contributed by atoms with van der Waals surface area (Å²) in [7, 11) is 0. The first-order valence-electron chi connectivity index (χ1n) is 10.5. The van der Waals surface area contributed by atoms with Crippen LogP contribution in [0, 0.1) is 0 Å². The Morgan fingerprint density at radius 3 is 2.72 bits per heavy atom. The van der Waals surface area contributed by atoms with E-state index >= 15 is 0 Å². The number of fused-ring (bicyclic) bond motifs is 2. The van der Waals surface area contributed by atoms with Gasteiger partial charge in [0.15, 0.2) is 16.6 Å². The minimum absolute atomic E-state index is 0.124. The second kappa shape index (κ2) is 8.85. The van der Waals surface area contributed by atoms with E-state index in [0.717, 1.165) is 33.5 Å². The molecular formula is C26H22N2O3S. The first-order valence-corrected chi connectivity index (χ1v) is 11.3. The van der Waals surface area contributed by atoms with E-state index in [1.165, 1.54) is 5.56 Å². The van der Waals surface area contributed by atoms with Crippen molar-refractivity contribution >= 4 is 38.7 Å². The van der Waals surface area contributed by atoms with Crippen LogP contribution in [0.5, 0.6) is 11.5 Å². The minimum Gasteiger partial charge on any atom is -0.454 e. The molecule has 2 heterocycles. The van der Waals surface area contributed by atoms with Gasteiger partial charge in [0.1, 0.15) is 0 Å². The van der Waals surface area contributed by atoms with Gasteiger partial charge in [-0.2, -0.15) is 0 Å². The van der Waals surface area contributed by atoms with Crippen LogP contribution in [0.25, 0.3) is 16.3 Å². The predicted octanol–water partition coefficient (Wildman–Crippen LogP) is 5.83. The molecule has 5 rings (SSSR count). The second-order valence-electron chi connectivity index (χ2n) is 7.51. The van der Waals surface area contributed by atoms with Crippen LogP contribution in [0.15, 0.2) is 72.8 Å². The van der Waals surface area contributed by atoms with Crippen LogP contribution >= 0.6 is 11.3 Å². The zero-order chi connectivity index (χ0) is 21.9. The SMILES string of the molecule is CCc1ccc2nc(N(Cc3ccccc3)C(=O)/C=C/c3ccc4c(c3)OCO4)sc2c1. The number of ether oxygens (including phenoxy) is 2. The van der Waals surface area contributed by atoms with Crippen molar-refractivity contribution in [3.8, 4) is 11.5 Å². The van der Waals surface area contributed by atoms with Crippen molar-refractivity contribution in [1.82, 2.24) is 4.98 Å². The zero-order valence-corrected chi connectivity index (χ0v) is 18.5. The fourth-order valence-corrected chi connectivity index (χ4v) is 4.61. The first-order chi connectivity index (χ1) is 15.7. The fraction of sp³-hybridized carbons (Fsp3) is 0.154. The Morgan fingerprint density at radius 1 is 1.03 bits per heavy atom. The Bertz CT molecular complexity index is 1300. The van der Waals surface area contributed by atoms with Gasteiger partial charge in [-0.05, 0) is 53.5 Å².